The lowest BCUT2D eigenvalue weighted by Gasteiger charge is -2.32. The minimum atomic E-state index is -0.919. The van der Waals surface area contributed by atoms with Crippen LogP contribution < -0.4 is 15.4 Å². The molecule has 0 radical (unpaired) electrons. The number of nitrogens with zero attached hydrogens (tertiary/aromatic N) is 1. The largest absolute Gasteiger partial charge is 0.490 e. The highest BCUT2D eigenvalue weighted by molar-refractivity contribution is 5.91. The first-order valence-electron chi connectivity index (χ1n) is 7.92. The highest BCUT2D eigenvalue weighted by Crippen LogP contribution is 2.34. The average Bonchev–Trinajstić information content (AvgIpc) is 2.51. The summed E-state index contributed by atoms with van der Waals surface area (Å²) in [7, 11) is 0. The van der Waals surface area contributed by atoms with Gasteiger partial charge in [0.05, 0.1) is 18.8 Å². The van der Waals surface area contributed by atoms with Gasteiger partial charge >= 0.3 is 12.1 Å². The zero-order chi connectivity index (χ0) is 17.9. The fraction of sp³-hybridized carbons (Fsp3) is 0.529. The topological polar surface area (TPSA) is 91.1 Å². The van der Waals surface area contributed by atoms with Gasteiger partial charge in [-0.15, -0.1) is 0 Å². The number of ether oxygens (including phenoxy) is 3. The molecule has 1 atom stereocenters. The molecule has 0 saturated heterocycles. The first-order valence-corrected chi connectivity index (χ1v) is 7.92. The van der Waals surface area contributed by atoms with Gasteiger partial charge in [-0.25, -0.2) is 9.59 Å². The molecule has 1 heterocycles. The van der Waals surface area contributed by atoms with Crippen LogP contribution in [0.1, 0.15) is 39.3 Å². The Morgan fingerprint density at radius 2 is 2.08 bits per heavy atom. The molecule has 1 aliphatic heterocycles. The van der Waals surface area contributed by atoms with Gasteiger partial charge in [-0.2, -0.15) is 0 Å². The van der Waals surface area contributed by atoms with E-state index in [1.165, 1.54) is 4.90 Å². The number of fused-ring (bicyclic) bond motifs is 1. The third kappa shape index (κ3) is 4.17. The number of esters is 1. The molecule has 0 saturated carbocycles. The summed E-state index contributed by atoms with van der Waals surface area (Å²) in [5, 5.41) is 0. The van der Waals surface area contributed by atoms with E-state index in [-0.39, 0.29) is 6.61 Å². The third-order valence-corrected chi connectivity index (χ3v) is 3.36. The standard InChI is InChI=1S/C17H24N2O5/c1-5-22-15(20)14(18)11-6-7-13-12(10-11)19(8-9-23-13)16(21)24-17(2,3)4/h6-7,10,14H,5,8-9,18H2,1-4H3. The second kappa shape index (κ2) is 7.09. The summed E-state index contributed by atoms with van der Waals surface area (Å²) >= 11 is 0. The van der Waals surface area contributed by atoms with Crippen LogP contribution in [0.15, 0.2) is 18.2 Å². The second-order valence-electron chi connectivity index (χ2n) is 6.44. The summed E-state index contributed by atoms with van der Waals surface area (Å²) in [4.78, 5) is 25.7. The van der Waals surface area contributed by atoms with Crippen molar-refractivity contribution >= 4 is 17.7 Å². The lowest BCUT2D eigenvalue weighted by molar-refractivity contribution is -0.144. The number of carbonyl (C=O) groups is 2. The van der Waals surface area contributed by atoms with Gasteiger partial charge in [-0.05, 0) is 45.4 Å². The molecule has 2 N–H and O–H groups in total. The van der Waals surface area contributed by atoms with E-state index in [9.17, 15) is 9.59 Å². The Morgan fingerprint density at radius 3 is 2.71 bits per heavy atom. The van der Waals surface area contributed by atoms with Gasteiger partial charge in [0.25, 0.3) is 0 Å². The van der Waals surface area contributed by atoms with Crippen LogP contribution in [0.3, 0.4) is 0 Å². The van der Waals surface area contributed by atoms with Gasteiger partial charge in [0.1, 0.15) is 24.0 Å². The zero-order valence-corrected chi connectivity index (χ0v) is 14.5. The molecule has 7 nitrogen and oxygen atoms in total. The second-order valence-corrected chi connectivity index (χ2v) is 6.44. The van der Waals surface area contributed by atoms with Gasteiger partial charge in [-0.1, -0.05) is 6.07 Å². The van der Waals surface area contributed by atoms with Crippen molar-refractivity contribution in [2.45, 2.75) is 39.3 Å². The number of rotatable bonds is 3. The normalized spacial score (nSPS) is 15.1. The summed E-state index contributed by atoms with van der Waals surface area (Å²) in [6.45, 7) is 8.12. The minimum Gasteiger partial charge on any atom is -0.490 e. The molecule has 1 aromatic carbocycles. The molecule has 2 rings (SSSR count). The van der Waals surface area contributed by atoms with E-state index in [1.807, 2.05) is 0 Å². The van der Waals surface area contributed by atoms with Gasteiger partial charge < -0.3 is 19.9 Å². The SMILES string of the molecule is CCOC(=O)C(N)c1ccc2c(c1)N(C(=O)OC(C)(C)C)CCO2. The summed E-state index contributed by atoms with van der Waals surface area (Å²) in [5.41, 5.74) is 6.41. The maximum atomic E-state index is 12.4. The number of amides is 1. The predicted molar refractivity (Wildman–Crippen MR) is 89.1 cm³/mol. The van der Waals surface area contributed by atoms with Crippen molar-refractivity contribution in [1.82, 2.24) is 0 Å². The molecule has 0 aromatic heterocycles. The Bertz CT molecular complexity index is 624. The van der Waals surface area contributed by atoms with Crippen molar-refractivity contribution in [3.63, 3.8) is 0 Å². The van der Waals surface area contributed by atoms with E-state index in [0.717, 1.165) is 0 Å². The van der Waals surface area contributed by atoms with E-state index in [0.29, 0.717) is 30.2 Å². The van der Waals surface area contributed by atoms with Crippen molar-refractivity contribution < 1.29 is 23.8 Å². The van der Waals surface area contributed by atoms with Crippen molar-refractivity contribution in [2.75, 3.05) is 24.7 Å². The van der Waals surface area contributed by atoms with Crippen LogP contribution in [0.4, 0.5) is 10.5 Å². The highest BCUT2D eigenvalue weighted by atomic mass is 16.6. The summed E-state index contributed by atoms with van der Waals surface area (Å²) in [5.74, 6) is 0.0323. The molecule has 0 aliphatic carbocycles. The number of hydrogen-bond donors (Lipinski definition) is 1. The van der Waals surface area contributed by atoms with Crippen LogP contribution >= 0.6 is 0 Å². The van der Waals surface area contributed by atoms with E-state index >= 15 is 0 Å². The third-order valence-electron chi connectivity index (χ3n) is 3.36. The monoisotopic (exact) mass is 336 g/mol. The van der Waals surface area contributed by atoms with Gasteiger partial charge in [0.15, 0.2) is 0 Å². The molecule has 0 fully saturated rings. The Balaban J connectivity index is 2.29. The molecule has 132 valence electrons. The molecule has 1 amide bonds. The van der Waals surface area contributed by atoms with Crippen LogP contribution in [0.5, 0.6) is 5.75 Å². The fourth-order valence-electron chi connectivity index (χ4n) is 2.30. The van der Waals surface area contributed by atoms with E-state index in [2.05, 4.69) is 0 Å². The Kier molecular flexibility index (Phi) is 5.33. The molecule has 7 heteroatoms. The maximum Gasteiger partial charge on any atom is 0.415 e. The number of anilines is 1. The zero-order valence-electron chi connectivity index (χ0n) is 14.5. The van der Waals surface area contributed by atoms with Crippen molar-refractivity contribution in [2.24, 2.45) is 5.73 Å². The quantitative estimate of drug-likeness (QED) is 0.852. The molecule has 24 heavy (non-hydrogen) atoms. The first kappa shape index (κ1) is 18.1. The number of carbonyl (C=O) groups excluding carboxylic acids is 2. The van der Waals surface area contributed by atoms with Crippen LogP contribution in [-0.4, -0.2) is 37.4 Å². The minimum absolute atomic E-state index is 0.255. The molecule has 1 unspecified atom stereocenters. The average molecular weight is 336 g/mol. The smallest absolute Gasteiger partial charge is 0.415 e. The Labute approximate surface area is 141 Å². The van der Waals surface area contributed by atoms with Crippen LogP contribution in [0.25, 0.3) is 0 Å². The molecular weight excluding hydrogens is 312 g/mol. The Hall–Kier alpha value is -2.28. The summed E-state index contributed by atoms with van der Waals surface area (Å²) in [6.07, 6.45) is -0.464. The van der Waals surface area contributed by atoms with Gasteiger partial charge in [-0.3, -0.25) is 4.90 Å². The highest BCUT2D eigenvalue weighted by Gasteiger charge is 2.29. The van der Waals surface area contributed by atoms with Gasteiger partial charge in [0.2, 0.25) is 0 Å². The number of benzene rings is 1. The van der Waals surface area contributed by atoms with Crippen LogP contribution in [0.2, 0.25) is 0 Å². The van der Waals surface area contributed by atoms with Crippen molar-refractivity contribution in [3.8, 4) is 5.75 Å². The number of nitrogens with two attached hydrogens (primary N) is 1. The van der Waals surface area contributed by atoms with Gasteiger partial charge in [0, 0.05) is 0 Å². The molecule has 0 spiro atoms. The summed E-state index contributed by atoms with van der Waals surface area (Å²) in [6, 6.07) is 4.14. The molecule has 0 bridgehead atoms. The lowest BCUT2D eigenvalue weighted by Crippen LogP contribution is -2.41. The first-order chi connectivity index (χ1) is 11.2. The van der Waals surface area contributed by atoms with Crippen molar-refractivity contribution in [3.05, 3.63) is 23.8 Å². The lowest BCUT2D eigenvalue weighted by atomic mass is 10.1. The summed E-state index contributed by atoms with van der Waals surface area (Å²) < 4.78 is 15.9. The maximum absolute atomic E-state index is 12.4. The van der Waals surface area contributed by atoms with E-state index in [4.69, 9.17) is 19.9 Å². The molecule has 1 aromatic rings. The predicted octanol–water partition coefficient (Wildman–Crippen LogP) is 2.38. The van der Waals surface area contributed by atoms with E-state index < -0.39 is 23.7 Å². The Morgan fingerprint density at radius 1 is 1.38 bits per heavy atom. The van der Waals surface area contributed by atoms with Crippen LogP contribution in [0, 0.1) is 0 Å². The van der Waals surface area contributed by atoms with Crippen molar-refractivity contribution in [1.29, 1.82) is 0 Å². The fourth-order valence-corrected chi connectivity index (χ4v) is 2.30. The van der Waals surface area contributed by atoms with E-state index in [1.54, 1.807) is 45.9 Å². The molecular formula is C17H24N2O5. The molecule has 1 aliphatic rings. The van der Waals surface area contributed by atoms with Crippen LogP contribution in [-0.2, 0) is 14.3 Å². The number of hydrogen-bond acceptors (Lipinski definition) is 6.